The number of hydrogen-bond acceptors (Lipinski definition) is 6. The van der Waals surface area contributed by atoms with E-state index in [1.807, 2.05) is 0 Å². The lowest BCUT2D eigenvalue weighted by atomic mass is 10.1. The first-order valence-corrected chi connectivity index (χ1v) is 8.00. The summed E-state index contributed by atoms with van der Waals surface area (Å²) in [6.45, 7) is 9.34. The summed E-state index contributed by atoms with van der Waals surface area (Å²) in [6, 6.07) is -1.77. The minimum Gasteiger partial charge on any atom is -0.480 e. The van der Waals surface area contributed by atoms with Crippen LogP contribution in [0.25, 0.3) is 0 Å². The van der Waals surface area contributed by atoms with Gasteiger partial charge in [0.15, 0.2) is 0 Å². The number of rotatable bonds is 6. The third-order valence-corrected chi connectivity index (χ3v) is 2.74. The van der Waals surface area contributed by atoms with Gasteiger partial charge in [-0.3, -0.25) is 0 Å². The second kappa shape index (κ2) is 8.98. The van der Waals surface area contributed by atoms with Crippen molar-refractivity contribution < 1.29 is 33.4 Å². The Morgan fingerprint density at radius 2 is 1.44 bits per heavy atom. The maximum absolute atomic E-state index is 13.9. The largest absolute Gasteiger partial charge is 0.480 e. The summed E-state index contributed by atoms with van der Waals surface area (Å²) in [4.78, 5) is 36.6. The summed E-state index contributed by atoms with van der Waals surface area (Å²) in [5, 5.41) is 9.40. The van der Waals surface area contributed by atoms with Crippen LogP contribution in [-0.2, 0) is 14.3 Å². The monoisotopic (exact) mass is 364 g/mol. The average Bonchev–Trinajstić information content (AvgIpc) is 2.33. The summed E-state index contributed by atoms with van der Waals surface area (Å²) in [7, 11) is 0. The molecule has 3 N–H and O–H groups in total. The van der Waals surface area contributed by atoms with Crippen LogP contribution >= 0.6 is 0 Å². The van der Waals surface area contributed by atoms with E-state index in [0.29, 0.717) is 4.90 Å². The van der Waals surface area contributed by atoms with Crippen LogP contribution in [0.1, 0.15) is 54.4 Å². The van der Waals surface area contributed by atoms with Gasteiger partial charge in [-0.2, -0.15) is 4.90 Å². The molecule has 0 spiro atoms. The van der Waals surface area contributed by atoms with Crippen LogP contribution in [0.2, 0.25) is 0 Å². The van der Waals surface area contributed by atoms with Crippen LogP contribution in [0.15, 0.2) is 0 Å². The first-order valence-electron chi connectivity index (χ1n) is 8.00. The molecular formula is C16H29FN2O6. The Balaban J connectivity index is 5.67. The van der Waals surface area contributed by atoms with E-state index >= 15 is 0 Å². The van der Waals surface area contributed by atoms with Crippen LogP contribution in [0, 0.1) is 0 Å². The maximum Gasteiger partial charge on any atom is 0.420 e. The predicted octanol–water partition coefficient (Wildman–Crippen LogP) is 2.69. The molecule has 0 aromatic rings. The van der Waals surface area contributed by atoms with Gasteiger partial charge in [0, 0.05) is 6.42 Å². The van der Waals surface area contributed by atoms with E-state index < -0.39 is 48.0 Å². The molecule has 8 nitrogen and oxygen atoms in total. The van der Waals surface area contributed by atoms with Crippen LogP contribution < -0.4 is 5.73 Å². The van der Waals surface area contributed by atoms with Crippen LogP contribution in [0.3, 0.4) is 0 Å². The summed E-state index contributed by atoms with van der Waals surface area (Å²) in [6.07, 6.45) is -4.73. The Bertz CT molecular complexity index is 456. The quantitative estimate of drug-likeness (QED) is 0.743. The lowest BCUT2D eigenvalue weighted by Crippen LogP contribution is -2.52. The van der Waals surface area contributed by atoms with E-state index in [1.165, 1.54) is 0 Å². The summed E-state index contributed by atoms with van der Waals surface area (Å²) in [5.41, 5.74) is 3.30. The number of carboxylic acid groups (broad SMARTS) is 1. The van der Waals surface area contributed by atoms with Crippen LogP contribution in [0.4, 0.5) is 14.0 Å². The molecule has 146 valence electrons. The van der Waals surface area contributed by atoms with Crippen molar-refractivity contribution in [3.8, 4) is 0 Å². The normalized spacial score (nSPS) is 14.4. The highest BCUT2D eigenvalue weighted by Gasteiger charge is 2.41. The number of carbonyl (C=O) groups is 3. The van der Waals surface area contributed by atoms with Gasteiger partial charge in [0.1, 0.15) is 23.4 Å². The number of halogens is 1. The molecule has 25 heavy (non-hydrogen) atoms. The second-order valence-corrected chi connectivity index (χ2v) is 7.60. The molecule has 0 fully saturated rings. The van der Waals surface area contributed by atoms with Gasteiger partial charge in [0.25, 0.3) is 0 Å². The number of alkyl halides is 1. The molecule has 0 aliphatic carbocycles. The van der Waals surface area contributed by atoms with Crippen molar-refractivity contribution in [1.82, 2.24) is 4.90 Å². The van der Waals surface area contributed by atoms with Gasteiger partial charge in [-0.05, 0) is 54.5 Å². The van der Waals surface area contributed by atoms with Gasteiger partial charge in [-0.1, -0.05) is 0 Å². The van der Waals surface area contributed by atoms with Gasteiger partial charge in [-0.25, -0.2) is 18.8 Å². The molecule has 2 atom stereocenters. The molecule has 0 radical (unpaired) electrons. The Labute approximate surface area is 147 Å². The van der Waals surface area contributed by atoms with Crippen molar-refractivity contribution >= 4 is 18.2 Å². The molecule has 2 amide bonds. The van der Waals surface area contributed by atoms with Crippen molar-refractivity contribution in [2.24, 2.45) is 5.73 Å². The lowest BCUT2D eigenvalue weighted by molar-refractivity contribution is -0.143. The molecule has 0 aliphatic heterocycles. The fourth-order valence-corrected chi connectivity index (χ4v) is 1.81. The Kier molecular flexibility index (Phi) is 8.30. The molecule has 0 aromatic carbocycles. The Morgan fingerprint density at radius 3 is 1.72 bits per heavy atom. The topological polar surface area (TPSA) is 119 Å². The van der Waals surface area contributed by atoms with Crippen molar-refractivity contribution in [3.05, 3.63) is 0 Å². The maximum atomic E-state index is 13.9. The molecule has 0 saturated carbocycles. The van der Waals surface area contributed by atoms with E-state index in [1.54, 1.807) is 41.5 Å². The zero-order valence-corrected chi connectivity index (χ0v) is 15.7. The average molecular weight is 364 g/mol. The molecule has 0 rings (SSSR count). The highest BCUT2D eigenvalue weighted by molar-refractivity contribution is 5.93. The molecule has 0 aromatic heterocycles. The first kappa shape index (κ1) is 23.1. The number of aliphatic carboxylic acids is 1. The number of imide groups is 1. The van der Waals surface area contributed by atoms with E-state index in [4.69, 9.17) is 15.2 Å². The SMILES string of the molecule is CC(C)(C)OC(=O)N(C(=O)OC(C)(C)C)[C@@H](CC(F)CCN)C(=O)O. The number of carbonyl (C=O) groups excluding carboxylic acids is 2. The Hall–Kier alpha value is -1.90. The van der Waals surface area contributed by atoms with E-state index in [-0.39, 0.29) is 13.0 Å². The number of nitrogens with two attached hydrogens (primary N) is 1. The van der Waals surface area contributed by atoms with Gasteiger partial charge < -0.3 is 20.3 Å². The number of nitrogens with zero attached hydrogens (tertiary/aromatic N) is 1. The van der Waals surface area contributed by atoms with Gasteiger partial charge >= 0.3 is 18.2 Å². The molecule has 0 aliphatic rings. The standard InChI is InChI=1S/C16H29FN2O6/c1-15(2,3)24-13(22)19(14(23)25-16(4,5)6)11(12(20)21)9-10(17)7-8-18/h10-11H,7-9,18H2,1-6H3,(H,20,21)/t10?,11-/m0/s1. The fraction of sp³-hybridized carbons (Fsp3) is 0.812. The highest BCUT2D eigenvalue weighted by atomic mass is 19.1. The van der Waals surface area contributed by atoms with Crippen molar-refractivity contribution in [2.45, 2.75) is 77.8 Å². The smallest absolute Gasteiger partial charge is 0.420 e. The minimum absolute atomic E-state index is 0.00633. The number of ether oxygens (including phenoxy) is 2. The number of amides is 2. The molecule has 0 bridgehead atoms. The molecule has 0 saturated heterocycles. The molecule has 1 unspecified atom stereocenters. The lowest BCUT2D eigenvalue weighted by Gasteiger charge is -2.32. The third kappa shape index (κ3) is 9.23. The number of carboxylic acids is 1. The summed E-state index contributed by atoms with van der Waals surface area (Å²) < 4.78 is 24.1. The Morgan fingerprint density at radius 1 is 1.04 bits per heavy atom. The summed E-state index contributed by atoms with van der Waals surface area (Å²) in [5.74, 6) is -1.55. The predicted molar refractivity (Wildman–Crippen MR) is 88.9 cm³/mol. The second-order valence-electron chi connectivity index (χ2n) is 7.60. The molecule has 9 heteroatoms. The van der Waals surface area contributed by atoms with Gasteiger partial charge in [0.2, 0.25) is 0 Å². The van der Waals surface area contributed by atoms with Crippen molar-refractivity contribution in [2.75, 3.05) is 6.54 Å². The molecule has 0 heterocycles. The third-order valence-electron chi connectivity index (χ3n) is 2.74. The zero-order chi connectivity index (χ0) is 20.0. The van der Waals surface area contributed by atoms with Crippen LogP contribution in [0.5, 0.6) is 0 Å². The van der Waals surface area contributed by atoms with E-state index in [2.05, 4.69) is 0 Å². The van der Waals surface area contributed by atoms with Gasteiger partial charge in [0.05, 0.1) is 0 Å². The van der Waals surface area contributed by atoms with E-state index in [0.717, 1.165) is 0 Å². The minimum atomic E-state index is -1.77. The summed E-state index contributed by atoms with van der Waals surface area (Å²) >= 11 is 0. The van der Waals surface area contributed by atoms with E-state index in [9.17, 15) is 23.9 Å². The van der Waals surface area contributed by atoms with Crippen LogP contribution in [-0.4, -0.2) is 58.1 Å². The fourth-order valence-electron chi connectivity index (χ4n) is 1.81. The van der Waals surface area contributed by atoms with Gasteiger partial charge in [-0.15, -0.1) is 0 Å². The highest BCUT2D eigenvalue weighted by Crippen LogP contribution is 2.20. The number of hydrogen-bond donors (Lipinski definition) is 2. The zero-order valence-electron chi connectivity index (χ0n) is 15.7. The van der Waals surface area contributed by atoms with Crippen molar-refractivity contribution in [3.63, 3.8) is 0 Å². The first-order chi connectivity index (χ1) is 11.2. The van der Waals surface area contributed by atoms with Crippen molar-refractivity contribution in [1.29, 1.82) is 0 Å². The molecular weight excluding hydrogens is 335 g/mol.